The van der Waals surface area contributed by atoms with E-state index in [9.17, 15) is 4.79 Å². The SMILES string of the molecule is Cc1cccc2cc(C(=O)C3COCCN3)oc12. The molecule has 0 radical (unpaired) electrons. The third kappa shape index (κ3) is 1.94. The number of hydrogen-bond acceptors (Lipinski definition) is 4. The Labute approximate surface area is 105 Å². The van der Waals surface area contributed by atoms with Crippen LogP contribution in [0.1, 0.15) is 16.1 Å². The zero-order valence-electron chi connectivity index (χ0n) is 10.2. The van der Waals surface area contributed by atoms with Crippen molar-refractivity contribution in [2.24, 2.45) is 0 Å². The number of ketones is 1. The molecule has 4 nitrogen and oxygen atoms in total. The maximum absolute atomic E-state index is 12.2. The second-order valence-electron chi connectivity index (χ2n) is 4.55. The van der Waals surface area contributed by atoms with Gasteiger partial charge in [0.05, 0.1) is 19.3 Å². The van der Waals surface area contributed by atoms with Gasteiger partial charge in [-0.3, -0.25) is 4.79 Å². The fourth-order valence-corrected chi connectivity index (χ4v) is 2.24. The normalized spacial score (nSPS) is 20.2. The minimum Gasteiger partial charge on any atom is -0.453 e. The highest BCUT2D eigenvalue weighted by Gasteiger charge is 2.25. The van der Waals surface area contributed by atoms with E-state index < -0.39 is 0 Å². The first kappa shape index (κ1) is 11.4. The van der Waals surface area contributed by atoms with Crippen LogP contribution >= 0.6 is 0 Å². The molecule has 1 N–H and O–H groups in total. The molecular formula is C14H15NO3. The Hall–Kier alpha value is -1.65. The zero-order valence-corrected chi connectivity index (χ0v) is 10.2. The number of furan rings is 1. The molecule has 1 aromatic carbocycles. The van der Waals surface area contributed by atoms with Gasteiger partial charge in [0.15, 0.2) is 5.76 Å². The molecule has 1 aliphatic rings. The molecule has 18 heavy (non-hydrogen) atoms. The number of aryl methyl sites for hydroxylation is 1. The summed E-state index contributed by atoms with van der Waals surface area (Å²) in [5.41, 5.74) is 1.83. The van der Waals surface area contributed by atoms with Gasteiger partial charge < -0.3 is 14.5 Å². The molecule has 3 rings (SSSR count). The maximum Gasteiger partial charge on any atom is 0.217 e. The van der Waals surface area contributed by atoms with Crippen LogP contribution in [0.4, 0.5) is 0 Å². The molecular weight excluding hydrogens is 230 g/mol. The van der Waals surface area contributed by atoms with Crippen molar-refractivity contribution in [2.45, 2.75) is 13.0 Å². The average Bonchev–Trinajstić information content (AvgIpc) is 2.84. The first-order valence-electron chi connectivity index (χ1n) is 6.10. The van der Waals surface area contributed by atoms with Crippen LogP contribution in [-0.2, 0) is 4.74 Å². The molecule has 0 spiro atoms. The summed E-state index contributed by atoms with van der Waals surface area (Å²) < 4.78 is 11.0. The van der Waals surface area contributed by atoms with Crippen molar-refractivity contribution in [2.75, 3.05) is 19.8 Å². The van der Waals surface area contributed by atoms with Gasteiger partial charge in [-0.25, -0.2) is 0 Å². The van der Waals surface area contributed by atoms with Crippen molar-refractivity contribution in [3.05, 3.63) is 35.6 Å². The Morgan fingerprint density at radius 2 is 2.33 bits per heavy atom. The Kier molecular flexibility index (Phi) is 2.89. The van der Waals surface area contributed by atoms with Gasteiger partial charge in [0.1, 0.15) is 5.58 Å². The summed E-state index contributed by atoms with van der Waals surface area (Å²) in [6.07, 6.45) is 0. The van der Waals surface area contributed by atoms with Gasteiger partial charge in [-0.05, 0) is 18.6 Å². The maximum atomic E-state index is 12.2. The number of morpholine rings is 1. The lowest BCUT2D eigenvalue weighted by Crippen LogP contribution is -2.46. The first-order chi connectivity index (χ1) is 8.75. The van der Waals surface area contributed by atoms with E-state index in [0.29, 0.717) is 25.5 Å². The second-order valence-corrected chi connectivity index (χ2v) is 4.55. The Morgan fingerprint density at radius 3 is 3.06 bits per heavy atom. The number of hydrogen-bond donors (Lipinski definition) is 1. The van der Waals surface area contributed by atoms with Crippen LogP contribution in [0.15, 0.2) is 28.7 Å². The highest BCUT2D eigenvalue weighted by Crippen LogP contribution is 2.23. The van der Waals surface area contributed by atoms with Crippen LogP contribution in [0.2, 0.25) is 0 Å². The molecule has 1 atom stereocenters. The smallest absolute Gasteiger partial charge is 0.217 e. The molecule has 0 amide bonds. The minimum absolute atomic E-state index is 0.0368. The summed E-state index contributed by atoms with van der Waals surface area (Å²) in [6.45, 7) is 3.75. The molecule has 94 valence electrons. The topological polar surface area (TPSA) is 51.5 Å². The average molecular weight is 245 g/mol. The van der Waals surface area contributed by atoms with Gasteiger partial charge in [0.25, 0.3) is 0 Å². The predicted octanol–water partition coefficient (Wildman–Crippen LogP) is 1.91. The lowest BCUT2D eigenvalue weighted by atomic mass is 10.1. The number of benzene rings is 1. The van der Waals surface area contributed by atoms with Crippen molar-refractivity contribution >= 4 is 16.8 Å². The van der Waals surface area contributed by atoms with Crippen molar-refractivity contribution in [3.63, 3.8) is 0 Å². The Balaban J connectivity index is 1.94. The third-order valence-corrected chi connectivity index (χ3v) is 3.22. The summed E-state index contributed by atoms with van der Waals surface area (Å²) in [5, 5.41) is 4.11. The molecule has 0 aliphatic carbocycles. The van der Waals surface area contributed by atoms with Gasteiger partial charge in [0.2, 0.25) is 5.78 Å². The molecule has 2 heterocycles. The predicted molar refractivity (Wildman–Crippen MR) is 67.9 cm³/mol. The number of fused-ring (bicyclic) bond motifs is 1. The molecule has 0 bridgehead atoms. The number of nitrogens with one attached hydrogen (secondary N) is 1. The van der Waals surface area contributed by atoms with Crippen LogP contribution in [-0.4, -0.2) is 31.6 Å². The minimum atomic E-state index is -0.292. The van der Waals surface area contributed by atoms with Crippen LogP contribution in [0, 0.1) is 6.92 Å². The van der Waals surface area contributed by atoms with Crippen LogP contribution < -0.4 is 5.32 Å². The van der Waals surface area contributed by atoms with E-state index in [4.69, 9.17) is 9.15 Å². The fraction of sp³-hybridized carbons (Fsp3) is 0.357. The molecule has 1 saturated heterocycles. The lowest BCUT2D eigenvalue weighted by Gasteiger charge is -2.21. The first-order valence-corrected chi connectivity index (χ1v) is 6.10. The van der Waals surface area contributed by atoms with E-state index in [1.807, 2.05) is 25.1 Å². The van der Waals surface area contributed by atoms with Crippen molar-refractivity contribution < 1.29 is 13.9 Å². The molecule has 1 aromatic heterocycles. The summed E-state index contributed by atoms with van der Waals surface area (Å²) in [6, 6.07) is 7.40. The molecule has 4 heteroatoms. The fourth-order valence-electron chi connectivity index (χ4n) is 2.24. The molecule has 0 saturated carbocycles. The van der Waals surface area contributed by atoms with Crippen molar-refractivity contribution in [1.29, 1.82) is 0 Å². The molecule has 1 aliphatic heterocycles. The quantitative estimate of drug-likeness (QED) is 0.821. The Morgan fingerprint density at radius 1 is 1.44 bits per heavy atom. The third-order valence-electron chi connectivity index (χ3n) is 3.22. The number of ether oxygens (including phenoxy) is 1. The van der Waals surface area contributed by atoms with Crippen LogP contribution in [0.3, 0.4) is 0 Å². The monoisotopic (exact) mass is 245 g/mol. The van der Waals surface area contributed by atoms with Crippen molar-refractivity contribution in [3.8, 4) is 0 Å². The number of rotatable bonds is 2. The summed E-state index contributed by atoms with van der Waals surface area (Å²) in [5.74, 6) is 0.368. The van der Waals surface area contributed by atoms with Gasteiger partial charge in [0, 0.05) is 11.9 Å². The zero-order chi connectivity index (χ0) is 12.5. The van der Waals surface area contributed by atoms with Crippen molar-refractivity contribution in [1.82, 2.24) is 5.32 Å². The number of Topliss-reactive ketones (excluding diaryl/α,β-unsaturated/α-hetero) is 1. The second kappa shape index (κ2) is 4.55. The number of carbonyl (C=O) groups excluding carboxylic acids is 1. The van der Waals surface area contributed by atoms with E-state index in [2.05, 4.69) is 5.32 Å². The molecule has 1 unspecified atom stereocenters. The van der Waals surface area contributed by atoms with E-state index in [1.165, 1.54) is 0 Å². The van der Waals surface area contributed by atoms with Gasteiger partial charge in [-0.2, -0.15) is 0 Å². The van der Waals surface area contributed by atoms with E-state index in [-0.39, 0.29) is 11.8 Å². The Bertz CT molecular complexity index is 582. The number of carbonyl (C=O) groups is 1. The molecule has 1 fully saturated rings. The van der Waals surface area contributed by atoms with Gasteiger partial charge >= 0.3 is 0 Å². The number of para-hydroxylation sites is 1. The van der Waals surface area contributed by atoms with E-state index in [0.717, 1.165) is 16.5 Å². The van der Waals surface area contributed by atoms with Crippen LogP contribution in [0.25, 0.3) is 11.0 Å². The lowest BCUT2D eigenvalue weighted by molar-refractivity contribution is 0.0589. The largest absolute Gasteiger partial charge is 0.453 e. The van der Waals surface area contributed by atoms with Gasteiger partial charge in [-0.1, -0.05) is 18.2 Å². The van der Waals surface area contributed by atoms with E-state index >= 15 is 0 Å². The summed E-state index contributed by atoms with van der Waals surface area (Å²) in [7, 11) is 0. The van der Waals surface area contributed by atoms with Crippen LogP contribution in [0.5, 0.6) is 0 Å². The highest BCUT2D eigenvalue weighted by molar-refractivity contribution is 6.01. The standard InChI is InChI=1S/C14H15NO3/c1-9-3-2-4-10-7-12(18-14(9)10)13(16)11-8-17-6-5-15-11/h2-4,7,11,15H,5-6,8H2,1H3. The summed E-state index contributed by atoms with van der Waals surface area (Å²) >= 11 is 0. The highest BCUT2D eigenvalue weighted by atomic mass is 16.5. The van der Waals surface area contributed by atoms with Gasteiger partial charge in [-0.15, -0.1) is 0 Å². The van der Waals surface area contributed by atoms with E-state index in [1.54, 1.807) is 6.07 Å². The molecule has 2 aromatic rings. The summed E-state index contributed by atoms with van der Waals surface area (Å²) in [4.78, 5) is 12.2.